The van der Waals surface area contributed by atoms with Crippen LogP contribution in [-0.4, -0.2) is 42.0 Å². The molecule has 0 spiro atoms. The van der Waals surface area contributed by atoms with E-state index in [0.29, 0.717) is 5.25 Å². The molecule has 2 rings (SSSR count). The SMILES string of the molecule is COc1ccc(SC2CCN(C(=O)OC(C)(C)C)CC2)cc1. The normalized spacial score (nSPS) is 16.5. The number of hydrogen-bond acceptors (Lipinski definition) is 4. The summed E-state index contributed by atoms with van der Waals surface area (Å²) in [5.74, 6) is 0.879. The molecule has 0 atom stereocenters. The van der Waals surface area contributed by atoms with E-state index in [-0.39, 0.29) is 6.09 Å². The highest BCUT2D eigenvalue weighted by atomic mass is 32.2. The van der Waals surface area contributed by atoms with E-state index in [0.717, 1.165) is 31.7 Å². The van der Waals surface area contributed by atoms with Gasteiger partial charge < -0.3 is 14.4 Å². The summed E-state index contributed by atoms with van der Waals surface area (Å²) in [4.78, 5) is 15.1. The fourth-order valence-corrected chi connectivity index (χ4v) is 3.45. The summed E-state index contributed by atoms with van der Waals surface area (Å²) in [6.45, 7) is 7.23. The van der Waals surface area contributed by atoms with Gasteiger partial charge in [-0.15, -0.1) is 11.8 Å². The molecular formula is C17H25NO3S. The maximum atomic E-state index is 12.0. The summed E-state index contributed by atoms with van der Waals surface area (Å²) in [5.41, 5.74) is -0.425. The van der Waals surface area contributed by atoms with Gasteiger partial charge in [-0.3, -0.25) is 0 Å². The number of thioether (sulfide) groups is 1. The number of likely N-dealkylation sites (tertiary alicyclic amines) is 1. The van der Waals surface area contributed by atoms with Gasteiger partial charge in [0.05, 0.1) is 7.11 Å². The molecule has 4 nitrogen and oxygen atoms in total. The number of hydrogen-bond donors (Lipinski definition) is 0. The molecule has 1 fully saturated rings. The lowest BCUT2D eigenvalue weighted by molar-refractivity contribution is 0.0219. The number of rotatable bonds is 3. The second-order valence-electron chi connectivity index (χ2n) is 6.46. The fraction of sp³-hybridized carbons (Fsp3) is 0.588. The van der Waals surface area contributed by atoms with Crippen LogP contribution in [-0.2, 0) is 4.74 Å². The largest absolute Gasteiger partial charge is 0.497 e. The summed E-state index contributed by atoms with van der Waals surface area (Å²) < 4.78 is 10.6. The Labute approximate surface area is 137 Å². The molecule has 0 aromatic heterocycles. The van der Waals surface area contributed by atoms with Crippen LogP contribution >= 0.6 is 11.8 Å². The van der Waals surface area contributed by atoms with E-state index in [1.54, 1.807) is 7.11 Å². The second-order valence-corrected chi connectivity index (χ2v) is 7.83. The Morgan fingerprint density at radius 2 is 1.77 bits per heavy atom. The topological polar surface area (TPSA) is 38.8 Å². The standard InChI is InChI=1S/C17H25NO3S/c1-17(2,3)21-16(19)18-11-9-15(10-12-18)22-14-7-5-13(20-4)6-8-14/h5-8,15H,9-12H2,1-4H3. The molecule has 1 aromatic carbocycles. The van der Waals surface area contributed by atoms with Gasteiger partial charge in [0.2, 0.25) is 0 Å². The highest BCUT2D eigenvalue weighted by molar-refractivity contribution is 8.00. The molecule has 5 heteroatoms. The van der Waals surface area contributed by atoms with E-state index >= 15 is 0 Å². The second kappa shape index (κ2) is 7.27. The fourth-order valence-electron chi connectivity index (χ4n) is 2.33. The van der Waals surface area contributed by atoms with Gasteiger partial charge in [0.25, 0.3) is 0 Å². The van der Waals surface area contributed by atoms with Crippen molar-refractivity contribution in [1.82, 2.24) is 4.90 Å². The van der Waals surface area contributed by atoms with E-state index in [4.69, 9.17) is 9.47 Å². The number of carbonyl (C=O) groups is 1. The maximum absolute atomic E-state index is 12.0. The molecule has 1 aromatic rings. The van der Waals surface area contributed by atoms with Crippen LogP contribution in [0.25, 0.3) is 0 Å². The van der Waals surface area contributed by atoms with E-state index in [9.17, 15) is 4.79 Å². The maximum Gasteiger partial charge on any atom is 0.410 e. The summed E-state index contributed by atoms with van der Waals surface area (Å²) in [5, 5.41) is 0.548. The van der Waals surface area contributed by atoms with Gasteiger partial charge in [0.1, 0.15) is 11.4 Å². The van der Waals surface area contributed by atoms with E-state index in [1.165, 1.54) is 4.90 Å². The average Bonchev–Trinajstić information content (AvgIpc) is 2.47. The van der Waals surface area contributed by atoms with Crippen LogP contribution in [0.4, 0.5) is 4.79 Å². The third-order valence-corrected chi connectivity index (χ3v) is 4.80. The van der Waals surface area contributed by atoms with Gasteiger partial charge in [-0.05, 0) is 57.9 Å². The van der Waals surface area contributed by atoms with Crippen LogP contribution in [0.5, 0.6) is 5.75 Å². The molecule has 0 N–H and O–H groups in total. The van der Waals surface area contributed by atoms with Crippen LogP contribution in [0.15, 0.2) is 29.2 Å². The predicted molar refractivity (Wildman–Crippen MR) is 89.7 cm³/mol. The molecule has 0 unspecified atom stereocenters. The van der Waals surface area contributed by atoms with Gasteiger partial charge in [-0.25, -0.2) is 4.79 Å². The molecule has 22 heavy (non-hydrogen) atoms. The average molecular weight is 323 g/mol. The van der Waals surface area contributed by atoms with Gasteiger partial charge in [-0.1, -0.05) is 0 Å². The van der Waals surface area contributed by atoms with Gasteiger partial charge >= 0.3 is 6.09 Å². The van der Waals surface area contributed by atoms with Gasteiger partial charge in [0, 0.05) is 23.2 Å². The Morgan fingerprint density at radius 3 is 2.27 bits per heavy atom. The molecule has 1 heterocycles. The van der Waals surface area contributed by atoms with Crippen molar-refractivity contribution in [2.24, 2.45) is 0 Å². The molecular weight excluding hydrogens is 298 g/mol. The van der Waals surface area contributed by atoms with Crippen molar-refractivity contribution in [3.05, 3.63) is 24.3 Å². The number of carbonyl (C=O) groups excluding carboxylic acids is 1. The lowest BCUT2D eigenvalue weighted by Gasteiger charge is -2.33. The number of amides is 1. The first kappa shape index (κ1) is 17.0. The first-order valence-corrected chi connectivity index (χ1v) is 8.54. The number of ether oxygens (including phenoxy) is 2. The quantitative estimate of drug-likeness (QED) is 0.836. The highest BCUT2D eigenvalue weighted by Crippen LogP contribution is 2.31. The van der Waals surface area contributed by atoms with Crippen LogP contribution in [0.2, 0.25) is 0 Å². The molecule has 1 aliphatic rings. The minimum atomic E-state index is -0.425. The van der Waals surface area contributed by atoms with Crippen LogP contribution in [0, 0.1) is 0 Å². The van der Waals surface area contributed by atoms with E-state index in [1.807, 2.05) is 49.6 Å². The van der Waals surface area contributed by atoms with Gasteiger partial charge in [0.15, 0.2) is 0 Å². The van der Waals surface area contributed by atoms with Crippen molar-refractivity contribution < 1.29 is 14.3 Å². The first-order chi connectivity index (χ1) is 10.4. The summed E-state index contributed by atoms with van der Waals surface area (Å²) in [6, 6.07) is 8.14. The van der Waals surface area contributed by atoms with Crippen LogP contribution < -0.4 is 4.74 Å². The van der Waals surface area contributed by atoms with Crippen molar-refractivity contribution in [3.8, 4) is 5.75 Å². The van der Waals surface area contributed by atoms with Crippen molar-refractivity contribution >= 4 is 17.9 Å². The summed E-state index contributed by atoms with van der Waals surface area (Å²) in [6.07, 6.45) is 1.80. The monoisotopic (exact) mass is 323 g/mol. The number of methoxy groups -OCH3 is 1. The molecule has 0 bridgehead atoms. The molecule has 1 saturated heterocycles. The molecule has 0 radical (unpaired) electrons. The Bertz CT molecular complexity index is 488. The molecule has 1 amide bonds. The molecule has 0 aliphatic carbocycles. The zero-order valence-electron chi connectivity index (χ0n) is 13.8. The Morgan fingerprint density at radius 1 is 1.18 bits per heavy atom. The molecule has 1 aliphatic heterocycles. The van der Waals surface area contributed by atoms with Crippen LogP contribution in [0.3, 0.4) is 0 Å². The summed E-state index contributed by atoms with van der Waals surface area (Å²) >= 11 is 1.88. The van der Waals surface area contributed by atoms with Gasteiger partial charge in [-0.2, -0.15) is 0 Å². The predicted octanol–water partition coefficient (Wildman–Crippen LogP) is 4.19. The van der Waals surface area contributed by atoms with Crippen LogP contribution in [0.1, 0.15) is 33.6 Å². The van der Waals surface area contributed by atoms with Crippen molar-refractivity contribution in [1.29, 1.82) is 0 Å². The lowest BCUT2D eigenvalue weighted by Crippen LogP contribution is -2.42. The Hall–Kier alpha value is -1.36. The molecule has 122 valence electrons. The number of piperidine rings is 1. The molecule has 0 saturated carbocycles. The third-order valence-electron chi connectivity index (χ3n) is 3.46. The van der Waals surface area contributed by atoms with E-state index < -0.39 is 5.60 Å². The zero-order valence-corrected chi connectivity index (χ0v) is 14.6. The van der Waals surface area contributed by atoms with Crippen molar-refractivity contribution in [2.45, 2.75) is 49.4 Å². The van der Waals surface area contributed by atoms with E-state index in [2.05, 4.69) is 12.1 Å². The van der Waals surface area contributed by atoms with Crippen molar-refractivity contribution in [2.75, 3.05) is 20.2 Å². The number of benzene rings is 1. The highest BCUT2D eigenvalue weighted by Gasteiger charge is 2.27. The zero-order chi connectivity index (χ0) is 16.2. The minimum Gasteiger partial charge on any atom is -0.497 e. The minimum absolute atomic E-state index is 0.194. The summed E-state index contributed by atoms with van der Waals surface area (Å²) in [7, 11) is 1.68. The smallest absolute Gasteiger partial charge is 0.410 e. The third kappa shape index (κ3) is 5.13. The first-order valence-electron chi connectivity index (χ1n) is 7.66. The number of nitrogens with zero attached hydrogens (tertiary/aromatic N) is 1. The Kier molecular flexibility index (Phi) is 5.62. The Balaban J connectivity index is 1.80. The lowest BCUT2D eigenvalue weighted by atomic mass is 10.1. The van der Waals surface area contributed by atoms with Crippen molar-refractivity contribution in [3.63, 3.8) is 0 Å².